The van der Waals surface area contributed by atoms with Crippen molar-refractivity contribution in [3.63, 3.8) is 0 Å². The van der Waals surface area contributed by atoms with Crippen LogP contribution in [0.3, 0.4) is 0 Å². The van der Waals surface area contributed by atoms with Crippen molar-refractivity contribution in [1.82, 2.24) is 0 Å². The second-order valence-electron chi connectivity index (χ2n) is 4.26. The van der Waals surface area contributed by atoms with Gasteiger partial charge in [0, 0.05) is 11.5 Å². The van der Waals surface area contributed by atoms with Crippen molar-refractivity contribution in [2.75, 3.05) is 0 Å². The normalized spacial score (nSPS) is 34.2. The second-order valence-corrected chi connectivity index (χ2v) is 5.77. The predicted octanol–water partition coefficient (Wildman–Crippen LogP) is 3.63. The molecule has 0 aromatic carbocycles. The highest BCUT2D eigenvalue weighted by Gasteiger charge is 2.56. The summed E-state index contributed by atoms with van der Waals surface area (Å²) in [4.78, 5) is 12.0. The molecule has 2 fully saturated rings. The molecule has 14 heavy (non-hydrogen) atoms. The summed E-state index contributed by atoms with van der Waals surface area (Å²) in [7, 11) is 0. The van der Waals surface area contributed by atoms with Crippen molar-refractivity contribution in [2.24, 2.45) is 17.8 Å². The molecule has 2 unspecified atom stereocenters. The van der Waals surface area contributed by atoms with Gasteiger partial charge in [-0.05, 0) is 36.1 Å². The quantitative estimate of drug-likeness (QED) is 0.704. The van der Waals surface area contributed by atoms with Gasteiger partial charge in [0.05, 0.1) is 0 Å². The van der Waals surface area contributed by atoms with Crippen LogP contribution in [0, 0.1) is 17.8 Å². The predicted molar refractivity (Wildman–Crippen MR) is 58.0 cm³/mol. The average Bonchev–Trinajstić information content (AvgIpc) is 2.57. The summed E-state index contributed by atoms with van der Waals surface area (Å²) in [6.45, 7) is 0. The highest BCUT2D eigenvalue weighted by atomic mass is 35.5. The fourth-order valence-corrected chi connectivity index (χ4v) is 3.79. The lowest BCUT2D eigenvalue weighted by molar-refractivity contribution is 0.0952. The molecular formula is C11H11ClOS. The molecule has 0 radical (unpaired) electrons. The van der Waals surface area contributed by atoms with E-state index in [0.717, 1.165) is 5.56 Å². The summed E-state index contributed by atoms with van der Waals surface area (Å²) in [5.74, 6) is 2.00. The Bertz CT molecular complexity index is 374. The summed E-state index contributed by atoms with van der Waals surface area (Å²) in [6, 6.07) is 1.86. The molecule has 0 saturated heterocycles. The number of halogens is 1. The first-order chi connectivity index (χ1) is 6.79. The Morgan fingerprint density at radius 3 is 2.71 bits per heavy atom. The van der Waals surface area contributed by atoms with Crippen molar-refractivity contribution in [1.29, 1.82) is 0 Å². The van der Waals surface area contributed by atoms with Crippen molar-refractivity contribution in [3.05, 3.63) is 21.3 Å². The van der Waals surface area contributed by atoms with Crippen LogP contribution in [-0.2, 0) is 0 Å². The molecule has 2 aliphatic rings. The first-order valence-electron chi connectivity index (χ1n) is 5.06. The summed E-state index contributed by atoms with van der Waals surface area (Å²) < 4.78 is 0.667. The lowest BCUT2D eigenvalue weighted by Crippen LogP contribution is -2.05. The highest BCUT2D eigenvalue weighted by molar-refractivity contribution is 7.14. The molecule has 0 amide bonds. The maximum atomic E-state index is 12.0. The molecule has 1 aromatic heterocycles. The minimum atomic E-state index is 0.297. The van der Waals surface area contributed by atoms with Gasteiger partial charge in [-0.25, -0.2) is 0 Å². The minimum absolute atomic E-state index is 0.297. The van der Waals surface area contributed by atoms with Crippen LogP contribution in [0.1, 0.15) is 29.6 Å². The number of fused-ring (bicyclic) bond motifs is 1. The van der Waals surface area contributed by atoms with Gasteiger partial charge in [-0.2, -0.15) is 0 Å². The van der Waals surface area contributed by atoms with Gasteiger partial charge in [0.1, 0.15) is 4.34 Å². The van der Waals surface area contributed by atoms with E-state index in [9.17, 15) is 4.79 Å². The van der Waals surface area contributed by atoms with Crippen molar-refractivity contribution in [3.8, 4) is 0 Å². The molecule has 3 heteroatoms. The van der Waals surface area contributed by atoms with Crippen LogP contribution >= 0.6 is 22.9 Å². The minimum Gasteiger partial charge on any atom is -0.294 e. The standard InChI is InChI=1S/C11H11ClOS/c12-11-8(4-5-14-11)10(13)9-6-2-1-3-7(6)9/h4-7,9H,1-3H2. The van der Waals surface area contributed by atoms with E-state index in [-0.39, 0.29) is 0 Å². The molecule has 0 bridgehead atoms. The average molecular weight is 227 g/mol. The first kappa shape index (κ1) is 8.93. The van der Waals surface area contributed by atoms with Crippen LogP contribution in [0.2, 0.25) is 4.34 Å². The third-order valence-electron chi connectivity index (χ3n) is 3.59. The summed E-state index contributed by atoms with van der Waals surface area (Å²) in [6.07, 6.45) is 3.82. The van der Waals surface area contributed by atoms with E-state index in [1.165, 1.54) is 30.6 Å². The van der Waals surface area contributed by atoms with E-state index in [2.05, 4.69) is 0 Å². The Kier molecular flexibility index (Phi) is 1.96. The van der Waals surface area contributed by atoms with Gasteiger partial charge in [0.15, 0.2) is 5.78 Å². The van der Waals surface area contributed by atoms with Crippen LogP contribution < -0.4 is 0 Å². The van der Waals surface area contributed by atoms with Gasteiger partial charge < -0.3 is 0 Å². The van der Waals surface area contributed by atoms with E-state index in [1.807, 2.05) is 11.4 Å². The fraction of sp³-hybridized carbons (Fsp3) is 0.545. The molecular weight excluding hydrogens is 216 g/mol. The molecule has 3 rings (SSSR count). The molecule has 0 spiro atoms. The van der Waals surface area contributed by atoms with Gasteiger partial charge in [0.2, 0.25) is 0 Å². The molecule has 0 N–H and O–H groups in total. The van der Waals surface area contributed by atoms with Gasteiger partial charge in [0.25, 0.3) is 0 Å². The van der Waals surface area contributed by atoms with E-state index in [1.54, 1.807) is 0 Å². The Balaban J connectivity index is 1.82. The first-order valence-corrected chi connectivity index (χ1v) is 6.32. The van der Waals surface area contributed by atoms with Crippen molar-refractivity contribution < 1.29 is 4.79 Å². The molecule has 1 nitrogen and oxygen atoms in total. The largest absolute Gasteiger partial charge is 0.294 e. The number of carbonyl (C=O) groups excluding carboxylic acids is 1. The lowest BCUT2D eigenvalue weighted by atomic mass is 10.0. The monoisotopic (exact) mass is 226 g/mol. The number of rotatable bonds is 2. The van der Waals surface area contributed by atoms with E-state index < -0.39 is 0 Å². The van der Waals surface area contributed by atoms with Crippen LogP contribution in [0.5, 0.6) is 0 Å². The Hall–Kier alpha value is -0.340. The summed E-state index contributed by atoms with van der Waals surface area (Å²) in [5, 5.41) is 1.90. The number of thiophene rings is 1. The third kappa shape index (κ3) is 1.17. The number of carbonyl (C=O) groups is 1. The zero-order chi connectivity index (χ0) is 9.71. The number of hydrogen-bond acceptors (Lipinski definition) is 2. The Morgan fingerprint density at radius 1 is 1.43 bits per heavy atom. The van der Waals surface area contributed by atoms with Gasteiger partial charge in [-0.3, -0.25) is 4.79 Å². The SMILES string of the molecule is O=C(c1ccsc1Cl)C1C2CCCC21. The highest BCUT2D eigenvalue weighted by Crippen LogP contribution is 2.58. The van der Waals surface area contributed by atoms with Gasteiger partial charge in [-0.15, -0.1) is 11.3 Å². The van der Waals surface area contributed by atoms with Crippen LogP contribution in [0.25, 0.3) is 0 Å². The molecule has 0 aliphatic heterocycles. The molecule has 2 aliphatic carbocycles. The van der Waals surface area contributed by atoms with Gasteiger partial charge >= 0.3 is 0 Å². The summed E-state index contributed by atoms with van der Waals surface area (Å²) in [5.41, 5.74) is 0.760. The Morgan fingerprint density at radius 2 is 2.14 bits per heavy atom. The van der Waals surface area contributed by atoms with E-state index in [0.29, 0.717) is 27.9 Å². The second kappa shape index (κ2) is 3.07. The third-order valence-corrected chi connectivity index (χ3v) is 4.76. The fourth-order valence-electron chi connectivity index (χ4n) is 2.86. The summed E-state index contributed by atoms with van der Waals surface area (Å²) >= 11 is 7.41. The topological polar surface area (TPSA) is 17.1 Å². The number of ketones is 1. The molecule has 1 heterocycles. The van der Waals surface area contributed by atoms with E-state index in [4.69, 9.17) is 11.6 Å². The number of hydrogen-bond donors (Lipinski definition) is 0. The van der Waals surface area contributed by atoms with Crippen molar-refractivity contribution >= 4 is 28.7 Å². The van der Waals surface area contributed by atoms with E-state index >= 15 is 0 Å². The smallest absolute Gasteiger partial charge is 0.168 e. The molecule has 2 atom stereocenters. The molecule has 1 aromatic rings. The van der Waals surface area contributed by atoms with Crippen molar-refractivity contribution in [2.45, 2.75) is 19.3 Å². The zero-order valence-electron chi connectivity index (χ0n) is 7.70. The maximum Gasteiger partial charge on any atom is 0.168 e. The molecule has 74 valence electrons. The molecule has 2 saturated carbocycles. The maximum absolute atomic E-state index is 12.0. The van der Waals surface area contributed by atoms with Gasteiger partial charge in [-0.1, -0.05) is 18.0 Å². The zero-order valence-corrected chi connectivity index (χ0v) is 9.27. The number of Topliss-reactive ketones (excluding diaryl/α,β-unsaturated/α-hetero) is 1. The van der Waals surface area contributed by atoms with Crippen LogP contribution in [0.4, 0.5) is 0 Å². The Labute approximate surface area is 92.1 Å². The van der Waals surface area contributed by atoms with Crippen LogP contribution in [-0.4, -0.2) is 5.78 Å². The van der Waals surface area contributed by atoms with Crippen LogP contribution in [0.15, 0.2) is 11.4 Å². The lowest BCUT2D eigenvalue weighted by Gasteiger charge is -2.00.